The molecule has 0 bridgehead atoms. The van der Waals surface area contributed by atoms with Crippen LogP contribution < -0.4 is 16.4 Å². The summed E-state index contributed by atoms with van der Waals surface area (Å²) in [5.41, 5.74) is 11.4. The number of aryl methyl sites for hydroxylation is 2. The molecule has 206 valence electrons. The van der Waals surface area contributed by atoms with Gasteiger partial charge in [0, 0.05) is 28.2 Å². The second kappa shape index (κ2) is 12.9. The van der Waals surface area contributed by atoms with Gasteiger partial charge < -0.3 is 21.1 Å². The minimum absolute atomic E-state index is 0.196. The van der Waals surface area contributed by atoms with Crippen LogP contribution in [0.3, 0.4) is 0 Å². The predicted octanol–water partition coefficient (Wildman–Crippen LogP) is 6.03. The van der Waals surface area contributed by atoms with E-state index < -0.39 is 11.7 Å². The summed E-state index contributed by atoms with van der Waals surface area (Å²) < 4.78 is 5.16. The topological polar surface area (TPSA) is 119 Å². The van der Waals surface area contributed by atoms with Crippen LogP contribution in [0.2, 0.25) is 0 Å². The molecule has 1 aromatic heterocycles. The highest BCUT2D eigenvalue weighted by atomic mass is 16.6. The Hall–Kier alpha value is -4.72. The van der Waals surface area contributed by atoms with E-state index in [2.05, 4.69) is 34.9 Å². The van der Waals surface area contributed by atoms with Crippen molar-refractivity contribution in [2.24, 2.45) is 0 Å². The summed E-state index contributed by atoms with van der Waals surface area (Å²) in [6.45, 7) is 5.09. The molecule has 0 saturated carbocycles. The Labute approximate surface area is 235 Å². The molecule has 3 aromatic carbocycles. The van der Waals surface area contributed by atoms with Gasteiger partial charge in [-0.1, -0.05) is 54.6 Å². The third-order valence-corrected chi connectivity index (χ3v) is 5.92. The fraction of sp³-hybridized carbons (Fsp3) is 0.250. The molecule has 0 aliphatic rings. The van der Waals surface area contributed by atoms with Gasteiger partial charge in [0.25, 0.3) is 0 Å². The Kier molecular flexibility index (Phi) is 9.11. The number of ether oxygens (including phenoxy) is 1. The SMILES string of the molecule is CC(C)(C)OC(=O)NCC(=O)Nc1ccc(-c2cc(CCCc3ccccc3)nc(-c3cccc(N)c3)n2)cc1. The Bertz CT molecular complexity index is 1450. The maximum atomic E-state index is 12.3. The molecule has 40 heavy (non-hydrogen) atoms. The van der Waals surface area contributed by atoms with Crippen molar-refractivity contribution >= 4 is 23.4 Å². The molecular weight excluding hydrogens is 502 g/mol. The van der Waals surface area contributed by atoms with Crippen molar-refractivity contribution in [3.63, 3.8) is 0 Å². The second-order valence-electron chi connectivity index (χ2n) is 10.5. The number of carbonyl (C=O) groups excluding carboxylic acids is 2. The molecule has 4 N–H and O–H groups in total. The monoisotopic (exact) mass is 537 g/mol. The Morgan fingerprint density at radius 3 is 2.30 bits per heavy atom. The molecular formula is C32H35N5O3. The third kappa shape index (κ3) is 8.66. The van der Waals surface area contributed by atoms with Gasteiger partial charge in [-0.25, -0.2) is 14.8 Å². The smallest absolute Gasteiger partial charge is 0.408 e. The summed E-state index contributed by atoms with van der Waals surface area (Å²) in [6, 6.07) is 27.4. The van der Waals surface area contributed by atoms with Gasteiger partial charge in [-0.15, -0.1) is 0 Å². The van der Waals surface area contributed by atoms with Crippen LogP contribution in [0.25, 0.3) is 22.6 Å². The molecule has 0 saturated heterocycles. The quantitative estimate of drug-likeness (QED) is 0.224. The molecule has 0 fully saturated rings. The van der Waals surface area contributed by atoms with E-state index in [4.69, 9.17) is 20.4 Å². The number of amides is 2. The third-order valence-electron chi connectivity index (χ3n) is 5.92. The van der Waals surface area contributed by atoms with E-state index in [1.54, 1.807) is 32.9 Å². The normalized spacial score (nSPS) is 11.1. The fourth-order valence-electron chi connectivity index (χ4n) is 4.09. The van der Waals surface area contributed by atoms with Gasteiger partial charge in [0.05, 0.1) is 5.69 Å². The van der Waals surface area contributed by atoms with Crippen LogP contribution in [0.5, 0.6) is 0 Å². The number of hydrogen-bond donors (Lipinski definition) is 3. The van der Waals surface area contributed by atoms with Crippen LogP contribution in [0, 0.1) is 0 Å². The van der Waals surface area contributed by atoms with E-state index in [9.17, 15) is 9.59 Å². The van der Waals surface area contributed by atoms with Crippen LogP contribution in [0.4, 0.5) is 16.2 Å². The van der Waals surface area contributed by atoms with Crippen LogP contribution >= 0.6 is 0 Å². The van der Waals surface area contributed by atoms with Crippen LogP contribution in [0.15, 0.2) is 84.9 Å². The van der Waals surface area contributed by atoms with E-state index >= 15 is 0 Å². The average Bonchev–Trinajstić information content (AvgIpc) is 2.92. The summed E-state index contributed by atoms with van der Waals surface area (Å²) in [6.07, 6.45) is 2.08. The first-order valence-electron chi connectivity index (χ1n) is 13.3. The van der Waals surface area contributed by atoms with Gasteiger partial charge in [0.1, 0.15) is 12.1 Å². The number of nitrogens with one attached hydrogen (secondary N) is 2. The lowest BCUT2D eigenvalue weighted by atomic mass is 10.0. The van der Waals surface area contributed by atoms with Crippen molar-refractivity contribution in [2.75, 3.05) is 17.6 Å². The summed E-state index contributed by atoms with van der Waals surface area (Å²) in [5, 5.41) is 5.24. The molecule has 4 rings (SSSR count). The molecule has 0 unspecified atom stereocenters. The Morgan fingerprint density at radius 2 is 1.60 bits per heavy atom. The summed E-state index contributed by atoms with van der Waals surface area (Å²) in [5.74, 6) is 0.260. The van der Waals surface area contributed by atoms with Gasteiger partial charge in [-0.05, 0) is 75.9 Å². The van der Waals surface area contributed by atoms with E-state index in [0.717, 1.165) is 41.8 Å². The van der Waals surface area contributed by atoms with E-state index in [1.807, 2.05) is 48.5 Å². The summed E-state index contributed by atoms with van der Waals surface area (Å²) in [4.78, 5) is 33.8. The maximum absolute atomic E-state index is 12.3. The van der Waals surface area contributed by atoms with Crippen molar-refractivity contribution < 1.29 is 14.3 Å². The van der Waals surface area contributed by atoms with E-state index in [0.29, 0.717) is 17.2 Å². The zero-order valence-corrected chi connectivity index (χ0v) is 23.1. The fourth-order valence-corrected chi connectivity index (χ4v) is 4.09. The highest BCUT2D eigenvalue weighted by Gasteiger charge is 2.17. The average molecular weight is 538 g/mol. The Morgan fingerprint density at radius 1 is 0.850 bits per heavy atom. The van der Waals surface area contributed by atoms with Crippen LogP contribution in [0.1, 0.15) is 38.4 Å². The highest BCUT2D eigenvalue weighted by Crippen LogP contribution is 2.25. The lowest BCUT2D eigenvalue weighted by Crippen LogP contribution is -2.37. The number of hydrogen-bond acceptors (Lipinski definition) is 6. The zero-order valence-electron chi connectivity index (χ0n) is 23.1. The van der Waals surface area contributed by atoms with E-state index in [1.165, 1.54) is 5.56 Å². The van der Waals surface area contributed by atoms with Crippen LogP contribution in [-0.2, 0) is 22.4 Å². The molecule has 1 heterocycles. The molecule has 8 heteroatoms. The first-order valence-corrected chi connectivity index (χ1v) is 13.3. The number of nitrogens with two attached hydrogens (primary N) is 1. The minimum atomic E-state index is -0.641. The largest absolute Gasteiger partial charge is 0.444 e. The van der Waals surface area contributed by atoms with Crippen molar-refractivity contribution in [3.8, 4) is 22.6 Å². The Balaban J connectivity index is 1.47. The van der Waals surface area contributed by atoms with Crippen molar-refractivity contribution in [2.45, 2.75) is 45.6 Å². The molecule has 0 spiro atoms. The van der Waals surface area contributed by atoms with Crippen molar-refractivity contribution in [1.82, 2.24) is 15.3 Å². The number of anilines is 2. The zero-order chi connectivity index (χ0) is 28.5. The number of benzene rings is 3. The molecule has 0 atom stereocenters. The molecule has 0 aliphatic carbocycles. The molecule has 0 aliphatic heterocycles. The summed E-state index contributed by atoms with van der Waals surface area (Å²) in [7, 11) is 0. The number of nitrogen functional groups attached to an aromatic ring is 1. The number of nitrogens with zero attached hydrogens (tertiary/aromatic N) is 2. The lowest BCUT2D eigenvalue weighted by molar-refractivity contribution is -0.115. The standard InChI is InChI=1S/C32H35N5O3/c1-32(2,3)40-31(39)34-21-29(38)35-26-17-15-23(16-18-26)28-20-27(14-7-11-22-9-5-4-6-10-22)36-30(37-28)24-12-8-13-25(33)19-24/h4-6,8-10,12-13,15-20H,7,11,14,21,33H2,1-3H3,(H,34,39)(H,35,38). The first-order chi connectivity index (χ1) is 19.1. The number of rotatable bonds is 9. The molecule has 2 amide bonds. The first kappa shape index (κ1) is 28.3. The second-order valence-corrected chi connectivity index (χ2v) is 10.5. The van der Waals surface area contributed by atoms with Gasteiger partial charge in [-0.3, -0.25) is 4.79 Å². The number of aromatic nitrogens is 2. The van der Waals surface area contributed by atoms with Gasteiger partial charge in [0.15, 0.2) is 5.82 Å². The van der Waals surface area contributed by atoms with Crippen molar-refractivity contribution in [1.29, 1.82) is 0 Å². The number of alkyl carbamates (subject to hydrolysis) is 1. The lowest BCUT2D eigenvalue weighted by Gasteiger charge is -2.19. The predicted molar refractivity (Wildman–Crippen MR) is 159 cm³/mol. The van der Waals surface area contributed by atoms with Crippen LogP contribution in [-0.4, -0.2) is 34.1 Å². The molecule has 4 aromatic rings. The van der Waals surface area contributed by atoms with E-state index in [-0.39, 0.29) is 12.5 Å². The highest BCUT2D eigenvalue weighted by molar-refractivity contribution is 5.94. The minimum Gasteiger partial charge on any atom is -0.444 e. The number of carbonyl (C=O) groups is 2. The maximum Gasteiger partial charge on any atom is 0.408 e. The molecule has 8 nitrogen and oxygen atoms in total. The molecule has 0 radical (unpaired) electrons. The van der Waals surface area contributed by atoms with Gasteiger partial charge in [-0.2, -0.15) is 0 Å². The summed E-state index contributed by atoms with van der Waals surface area (Å²) >= 11 is 0. The van der Waals surface area contributed by atoms with Gasteiger partial charge in [0.2, 0.25) is 5.91 Å². The van der Waals surface area contributed by atoms with Crippen molar-refractivity contribution in [3.05, 3.63) is 96.2 Å². The van der Waals surface area contributed by atoms with Gasteiger partial charge >= 0.3 is 6.09 Å².